The average molecular weight is 278 g/mol. The van der Waals surface area contributed by atoms with E-state index in [0.29, 0.717) is 6.42 Å². The SMILES string of the molecule is CCCn1cnnc1[C@H](C)NC(=O)Cc1ccsc1. The lowest BCUT2D eigenvalue weighted by Gasteiger charge is -2.14. The number of aromatic nitrogens is 3. The number of thiophene rings is 1. The first-order chi connectivity index (χ1) is 9.20. The molecule has 0 bridgehead atoms. The van der Waals surface area contributed by atoms with E-state index in [1.54, 1.807) is 17.7 Å². The van der Waals surface area contributed by atoms with Crippen molar-refractivity contribution in [3.05, 3.63) is 34.5 Å². The number of hydrogen-bond acceptors (Lipinski definition) is 4. The van der Waals surface area contributed by atoms with Crippen LogP contribution in [-0.2, 0) is 17.8 Å². The van der Waals surface area contributed by atoms with Gasteiger partial charge in [0.05, 0.1) is 12.5 Å². The third-order valence-corrected chi connectivity index (χ3v) is 3.55. The van der Waals surface area contributed by atoms with Crippen LogP contribution in [0, 0.1) is 0 Å². The predicted molar refractivity (Wildman–Crippen MR) is 74.9 cm³/mol. The average Bonchev–Trinajstić information content (AvgIpc) is 3.00. The molecule has 0 saturated carbocycles. The molecule has 2 heterocycles. The molecule has 0 aliphatic rings. The van der Waals surface area contributed by atoms with Gasteiger partial charge in [-0.3, -0.25) is 4.79 Å². The van der Waals surface area contributed by atoms with Gasteiger partial charge in [0.15, 0.2) is 5.82 Å². The van der Waals surface area contributed by atoms with Crippen LogP contribution in [0.4, 0.5) is 0 Å². The first kappa shape index (κ1) is 13.7. The molecule has 19 heavy (non-hydrogen) atoms. The summed E-state index contributed by atoms with van der Waals surface area (Å²) >= 11 is 1.60. The second-order valence-corrected chi connectivity index (χ2v) is 5.26. The van der Waals surface area contributed by atoms with Crippen LogP contribution in [0.25, 0.3) is 0 Å². The normalized spacial score (nSPS) is 12.3. The Morgan fingerprint density at radius 1 is 1.58 bits per heavy atom. The van der Waals surface area contributed by atoms with E-state index in [-0.39, 0.29) is 11.9 Å². The van der Waals surface area contributed by atoms with Gasteiger partial charge in [-0.1, -0.05) is 6.92 Å². The molecule has 0 aliphatic carbocycles. The van der Waals surface area contributed by atoms with Crippen molar-refractivity contribution in [2.75, 3.05) is 0 Å². The van der Waals surface area contributed by atoms with E-state index in [2.05, 4.69) is 22.4 Å². The summed E-state index contributed by atoms with van der Waals surface area (Å²) in [4.78, 5) is 11.9. The number of amides is 1. The fraction of sp³-hybridized carbons (Fsp3) is 0.462. The maximum absolute atomic E-state index is 11.9. The Hall–Kier alpha value is -1.69. The number of carbonyl (C=O) groups is 1. The molecule has 6 heteroatoms. The third-order valence-electron chi connectivity index (χ3n) is 2.82. The molecule has 1 amide bonds. The molecule has 0 spiro atoms. The van der Waals surface area contributed by atoms with Gasteiger partial charge in [0.25, 0.3) is 0 Å². The Bertz CT molecular complexity index is 520. The summed E-state index contributed by atoms with van der Waals surface area (Å²) in [5.41, 5.74) is 1.05. The quantitative estimate of drug-likeness (QED) is 0.881. The topological polar surface area (TPSA) is 59.8 Å². The molecular weight excluding hydrogens is 260 g/mol. The standard InChI is InChI=1S/C13H18N4OS/c1-3-5-17-9-14-16-13(17)10(2)15-12(18)7-11-4-6-19-8-11/h4,6,8-10H,3,5,7H2,1-2H3,(H,15,18)/t10-/m0/s1. The minimum absolute atomic E-state index is 0.0111. The molecule has 2 rings (SSSR count). The summed E-state index contributed by atoms with van der Waals surface area (Å²) in [6.45, 7) is 4.90. The highest BCUT2D eigenvalue weighted by Gasteiger charge is 2.15. The summed E-state index contributed by atoms with van der Waals surface area (Å²) in [6, 6.07) is 1.84. The molecule has 0 radical (unpaired) electrons. The van der Waals surface area contributed by atoms with Gasteiger partial charge in [-0.2, -0.15) is 11.3 Å². The van der Waals surface area contributed by atoms with Crippen LogP contribution in [0.5, 0.6) is 0 Å². The zero-order valence-corrected chi connectivity index (χ0v) is 12.0. The highest BCUT2D eigenvalue weighted by Crippen LogP contribution is 2.11. The Labute approximate surface area is 116 Å². The Morgan fingerprint density at radius 3 is 3.11 bits per heavy atom. The molecule has 5 nitrogen and oxygen atoms in total. The van der Waals surface area contributed by atoms with Crippen molar-refractivity contribution < 1.29 is 4.79 Å². The summed E-state index contributed by atoms with van der Waals surface area (Å²) in [5, 5.41) is 14.9. The minimum atomic E-state index is -0.125. The smallest absolute Gasteiger partial charge is 0.225 e. The fourth-order valence-corrected chi connectivity index (χ4v) is 2.62. The zero-order chi connectivity index (χ0) is 13.7. The van der Waals surface area contributed by atoms with Gasteiger partial charge in [0.2, 0.25) is 5.91 Å². The zero-order valence-electron chi connectivity index (χ0n) is 11.2. The molecule has 0 unspecified atom stereocenters. The lowest BCUT2D eigenvalue weighted by Crippen LogP contribution is -2.29. The molecular formula is C13H18N4OS. The van der Waals surface area contributed by atoms with Gasteiger partial charge in [-0.15, -0.1) is 10.2 Å². The van der Waals surface area contributed by atoms with E-state index in [1.807, 2.05) is 28.3 Å². The molecule has 0 aromatic carbocycles. The van der Waals surface area contributed by atoms with Crippen LogP contribution in [-0.4, -0.2) is 20.7 Å². The number of rotatable bonds is 6. The summed E-state index contributed by atoms with van der Waals surface area (Å²) in [7, 11) is 0. The summed E-state index contributed by atoms with van der Waals surface area (Å²) < 4.78 is 1.98. The predicted octanol–water partition coefficient (Wildman–Crippen LogP) is 2.17. The van der Waals surface area contributed by atoms with E-state index in [0.717, 1.165) is 24.4 Å². The van der Waals surface area contributed by atoms with E-state index in [9.17, 15) is 4.79 Å². The van der Waals surface area contributed by atoms with Crippen molar-refractivity contribution in [1.29, 1.82) is 0 Å². The van der Waals surface area contributed by atoms with Crippen molar-refractivity contribution in [2.45, 2.75) is 39.3 Å². The number of nitrogens with one attached hydrogen (secondary N) is 1. The maximum Gasteiger partial charge on any atom is 0.225 e. The van der Waals surface area contributed by atoms with Crippen LogP contribution >= 0.6 is 11.3 Å². The highest BCUT2D eigenvalue weighted by atomic mass is 32.1. The molecule has 0 saturated heterocycles. The van der Waals surface area contributed by atoms with Crippen LogP contribution in [0.15, 0.2) is 23.2 Å². The number of carbonyl (C=O) groups excluding carboxylic acids is 1. The van der Waals surface area contributed by atoms with E-state index >= 15 is 0 Å². The number of aryl methyl sites for hydroxylation is 1. The molecule has 2 aromatic rings. The highest BCUT2D eigenvalue weighted by molar-refractivity contribution is 7.07. The summed E-state index contributed by atoms with van der Waals surface area (Å²) in [6.07, 6.45) is 3.14. The molecule has 2 aromatic heterocycles. The lowest BCUT2D eigenvalue weighted by atomic mass is 10.2. The number of nitrogens with zero attached hydrogens (tertiary/aromatic N) is 3. The second-order valence-electron chi connectivity index (χ2n) is 4.48. The van der Waals surface area contributed by atoms with Crippen molar-refractivity contribution in [3.63, 3.8) is 0 Å². The maximum atomic E-state index is 11.9. The van der Waals surface area contributed by atoms with Crippen LogP contribution < -0.4 is 5.32 Å². The van der Waals surface area contributed by atoms with Crippen molar-refractivity contribution in [1.82, 2.24) is 20.1 Å². The summed E-state index contributed by atoms with van der Waals surface area (Å²) in [5.74, 6) is 0.817. The van der Waals surface area contributed by atoms with Crippen LogP contribution in [0.3, 0.4) is 0 Å². The molecule has 102 valence electrons. The lowest BCUT2D eigenvalue weighted by molar-refractivity contribution is -0.121. The fourth-order valence-electron chi connectivity index (χ4n) is 1.95. The first-order valence-corrected chi connectivity index (χ1v) is 7.33. The van der Waals surface area contributed by atoms with Gasteiger partial charge in [-0.05, 0) is 35.7 Å². The van der Waals surface area contributed by atoms with Gasteiger partial charge in [-0.25, -0.2) is 0 Å². The van der Waals surface area contributed by atoms with Gasteiger partial charge in [0, 0.05) is 6.54 Å². The van der Waals surface area contributed by atoms with Gasteiger partial charge >= 0.3 is 0 Å². The third kappa shape index (κ3) is 3.64. The molecule has 1 N–H and O–H groups in total. The minimum Gasteiger partial charge on any atom is -0.346 e. The Kier molecular flexibility index (Phi) is 4.68. The van der Waals surface area contributed by atoms with Crippen molar-refractivity contribution >= 4 is 17.2 Å². The van der Waals surface area contributed by atoms with Crippen molar-refractivity contribution in [2.24, 2.45) is 0 Å². The van der Waals surface area contributed by atoms with E-state index < -0.39 is 0 Å². The van der Waals surface area contributed by atoms with Crippen LogP contribution in [0.2, 0.25) is 0 Å². The molecule has 0 fully saturated rings. The van der Waals surface area contributed by atoms with Crippen molar-refractivity contribution in [3.8, 4) is 0 Å². The van der Waals surface area contributed by atoms with E-state index in [4.69, 9.17) is 0 Å². The van der Waals surface area contributed by atoms with Gasteiger partial charge < -0.3 is 9.88 Å². The largest absolute Gasteiger partial charge is 0.346 e. The Morgan fingerprint density at radius 2 is 2.42 bits per heavy atom. The Balaban J connectivity index is 1.94. The van der Waals surface area contributed by atoms with E-state index in [1.165, 1.54) is 0 Å². The first-order valence-electron chi connectivity index (χ1n) is 6.38. The molecule has 1 atom stereocenters. The number of hydrogen-bond donors (Lipinski definition) is 1. The molecule has 0 aliphatic heterocycles. The second kappa shape index (κ2) is 6.47. The monoisotopic (exact) mass is 278 g/mol. The van der Waals surface area contributed by atoms with Crippen LogP contribution in [0.1, 0.15) is 37.7 Å². The van der Waals surface area contributed by atoms with Gasteiger partial charge in [0.1, 0.15) is 6.33 Å².